The van der Waals surface area contributed by atoms with E-state index < -0.39 is 11.5 Å². The lowest BCUT2D eigenvalue weighted by molar-refractivity contribution is 0.0527. The van der Waals surface area contributed by atoms with Crippen LogP contribution in [0.3, 0.4) is 0 Å². The first-order valence-electron chi connectivity index (χ1n) is 20.1. The number of pyridine rings is 1. The van der Waals surface area contributed by atoms with Gasteiger partial charge < -0.3 is 9.64 Å². The van der Waals surface area contributed by atoms with Gasteiger partial charge in [0.1, 0.15) is 0 Å². The van der Waals surface area contributed by atoms with Crippen molar-refractivity contribution in [1.29, 1.82) is 0 Å². The molecule has 0 saturated carbocycles. The first-order chi connectivity index (χ1) is 30.0. The first kappa shape index (κ1) is 38.5. The largest absolute Gasteiger partial charge is 0.462 e. The van der Waals surface area contributed by atoms with Crippen molar-refractivity contribution in [2.45, 2.75) is 19.0 Å². The highest BCUT2D eigenvalue weighted by molar-refractivity contribution is 6.10. The summed E-state index contributed by atoms with van der Waals surface area (Å²) in [4.78, 5) is 35.6. The van der Waals surface area contributed by atoms with Gasteiger partial charge in [0.05, 0.1) is 35.5 Å². The molecule has 0 atom stereocenters. The first-order valence-corrected chi connectivity index (χ1v) is 20.1. The van der Waals surface area contributed by atoms with Crippen molar-refractivity contribution in [3.05, 3.63) is 234 Å². The lowest BCUT2D eigenvalue weighted by atomic mass is 9.77. The highest BCUT2D eigenvalue weighted by atomic mass is 16.5. The number of esters is 1. The normalized spacial score (nSPS) is 11.3. The summed E-state index contributed by atoms with van der Waals surface area (Å²) in [5.41, 5.74) is 7.52. The molecule has 0 N–H and O–H groups in total. The molecule has 0 aliphatic carbocycles. The molecule has 0 saturated heterocycles. The molecule has 0 aliphatic rings. The summed E-state index contributed by atoms with van der Waals surface area (Å²) < 4.78 is 5.41. The number of carbonyl (C=O) groups is 2. The SMILES string of the molecule is CCOC(=O)c1ccccc1N(Cc1ccc(-c2ccccc2-c2nnn(C(c3ccccc3)(c3ccccc3)c3ccccc3)n2)cc1)C(=O)c1cnc2ccccc2c1. The van der Waals surface area contributed by atoms with Gasteiger partial charge in [-0.1, -0.05) is 170 Å². The Balaban J connectivity index is 1.08. The molecule has 9 heteroatoms. The smallest absolute Gasteiger partial charge is 0.340 e. The molecule has 296 valence electrons. The van der Waals surface area contributed by atoms with E-state index >= 15 is 0 Å². The average molecular weight is 797 g/mol. The molecule has 1 amide bonds. The van der Waals surface area contributed by atoms with Crippen molar-refractivity contribution in [3.63, 3.8) is 0 Å². The average Bonchev–Trinajstić information content (AvgIpc) is 3.82. The molecule has 0 unspecified atom stereocenters. The third-order valence-electron chi connectivity index (χ3n) is 10.8. The van der Waals surface area contributed by atoms with Crippen LogP contribution in [0, 0.1) is 0 Å². The van der Waals surface area contributed by atoms with Crippen LogP contribution in [0.5, 0.6) is 0 Å². The number of benzene rings is 7. The van der Waals surface area contributed by atoms with Crippen LogP contribution in [0.25, 0.3) is 33.4 Å². The summed E-state index contributed by atoms with van der Waals surface area (Å²) >= 11 is 0. The molecule has 0 bridgehead atoms. The maximum absolute atomic E-state index is 14.5. The molecule has 2 aromatic heterocycles. The number of carbonyl (C=O) groups excluding carboxylic acids is 2. The molecule has 2 heterocycles. The van der Waals surface area contributed by atoms with Crippen molar-refractivity contribution in [2.75, 3.05) is 11.5 Å². The van der Waals surface area contributed by atoms with E-state index in [1.165, 1.54) is 0 Å². The van der Waals surface area contributed by atoms with Crippen LogP contribution in [-0.2, 0) is 16.8 Å². The fraction of sp³-hybridized carbons (Fsp3) is 0.0769. The van der Waals surface area contributed by atoms with Crippen LogP contribution >= 0.6 is 0 Å². The van der Waals surface area contributed by atoms with Crippen LogP contribution in [0.15, 0.2) is 200 Å². The molecular weight excluding hydrogens is 757 g/mol. The van der Waals surface area contributed by atoms with E-state index in [0.717, 1.165) is 49.8 Å². The minimum atomic E-state index is -0.913. The summed E-state index contributed by atoms with van der Waals surface area (Å²) in [6, 6.07) is 63.3. The molecule has 0 aliphatic heterocycles. The number of amides is 1. The third-order valence-corrected chi connectivity index (χ3v) is 10.8. The quantitative estimate of drug-likeness (QED) is 0.0896. The van der Waals surface area contributed by atoms with Crippen molar-refractivity contribution < 1.29 is 14.3 Å². The Hall–Kier alpha value is -8.04. The number of hydrogen-bond acceptors (Lipinski definition) is 7. The monoisotopic (exact) mass is 796 g/mol. The number of anilines is 1. The Bertz CT molecular complexity index is 2860. The molecule has 0 fully saturated rings. The van der Waals surface area contributed by atoms with Crippen LogP contribution in [0.1, 0.15) is 49.9 Å². The highest BCUT2D eigenvalue weighted by Crippen LogP contribution is 2.40. The fourth-order valence-electron chi connectivity index (χ4n) is 7.95. The number of para-hydroxylation sites is 2. The zero-order chi connectivity index (χ0) is 41.6. The van der Waals surface area contributed by atoms with Crippen LogP contribution < -0.4 is 4.90 Å². The number of fused-ring (bicyclic) bond motifs is 1. The zero-order valence-corrected chi connectivity index (χ0v) is 33.4. The predicted octanol–water partition coefficient (Wildman–Crippen LogP) is 10.4. The Morgan fingerprint density at radius 1 is 0.639 bits per heavy atom. The number of nitrogens with zero attached hydrogens (tertiary/aromatic N) is 6. The fourth-order valence-corrected chi connectivity index (χ4v) is 7.95. The van der Waals surface area contributed by atoms with Crippen LogP contribution in [0.4, 0.5) is 5.69 Å². The van der Waals surface area contributed by atoms with Gasteiger partial charge in [-0.15, -0.1) is 15.0 Å². The molecule has 9 rings (SSSR count). The molecular formula is C52H40N6O3. The lowest BCUT2D eigenvalue weighted by Gasteiger charge is -2.34. The second kappa shape index (κ2) is 17.1. The summed E-state index contributed by atoms with van der Waals surface area (Å²) in [5.74, 6) is -0.321. The second-order valence-corrected chi connectivity index (χ2v) is 14.5. The Morgan fingerprint density at radius 2 is 1.21 bits per heavy atom. The minimum absolute atomic E-state index is 0.181. The minimum Gasteiger partial charge on any atom is -0.462 e. The van der Waals surface area contributed by atoms with Gasteiger partial charge in [0.25, 0.3) is 5.91 Å². The second-order valence-electron chi connectivity index (χ2n) is 14.5. The standard InChI is InChI=1S/C52H40N6O3/c1-2-61-51(60)46-27-15-17-29-48(46)57(50(59)40-34-39-18-12-16-28-47(39)53-35-40)36-37-30-32-38(33-31-37)44-25-13-14-26-45(44)49-54-56-58(55-49)52(41-19-6-3-7-20-41,42-21-8-4-9-22-42)43-23-10-5-11-24-43/h3-35H,2,36H2,1H3. The number of rotatable bonds is 12. The van der Waals surface area contributed by atoms with Gasteiger partial charge in [0.15, 0.2) is 5.54 Å². The topological polar surface area (TPSA) is 103 Å². The van der Waals surface area contributed by atoms with Gasteiger partial charge in [0.2, 0.25) is 5.82 Å². The van der Waals surface area contributed by atoms with Crippen molar-refractivity contribution >= 4 is 28.5 Å². The zero-order valence-electron chi connectivity index (χ0n) is 33.4. The van der Waals surface area contributed by atoms with E-state index in [-0.39, 0.29) is 19.1 Å². The van der Waals surface area contributed by atoms with E-state index in [2.05, 4.69) is 41.4 Å². The summed E-state index contributed by atoms with van der Waals surface area (Å²) in [7, 11) is 0. The van der Waals surface area contributed by atoms with Gasteiger partial charge in [-0.05, 0) is 69.8 Å². The van der Waals surface area contributed by atoms with Crippen molar-refractivity contribution in [1.82, 2.24) is 25.2 Å². The molecule has 0 spiro atoms. The molecule has 61 heavy (non-hydrogen) atoms. The maximum Gasteiger partial charge on any atom is 0.340 e. The van der Waals surface area contributed by atoms with Crippen LogP contribution in [-0.4, -0.2) is 43.7 Å². The summed E-state index contributed by atoms with van der Waals surface area (Å²) in [5, 5.41) is 15.5. The number of ether oxygens (including phenoxy) is 1. The Morgan fingerprint density at radius 3 is 1.87 bits per heavy atom. The molecule has 0 radical (unpaired) electrons. The molecule has 9 aromatic rings. The van der Waals surface area contributed by atoms with E-state index in [1.807, 2.05) is 140 Å². The van der Waals surface area contributed by atoms with Crippen LogP contribution in [0.2, 0.25) is 0 Å². The molecule has 7 aromatic carbocycles. The van der Waals surface area contributed by atoms with Gasteiger partial charge >= 0.3 is 5.97 Å². The van der Waals surface area contributed by atoms with E-state index in [1.54, 1.807) is 41.0 Å². The lowest BCUT2D eigenvalue weighted by Crippen LogP contribution is -2.39. The van der Waals surface area contributed by atoms with Gasteiger partial charge in [0, 0.05) is 17.1 Å². The maximum atomic E-state index is 14.5. The van der Waals surface area contributed by atoms with Crippen molar-refractivity contribution in [2.24, 2.45) is 0 Å². The Labute approximate surface area is 353 Å². The van der Waals surface area contributed by atoms with Gasteiger partial charge in [-0.25, -0.2) is 4.79 Å². The number of tetrazole rings is 1. The predicted molar refractivity (Wildman–Crippen MR) is 238 cm³/mol. The Kier molecular flexibility index (Phi) is 10.8. The van der Waals surface area contributed by atoms with Gasteiger partial charge in [-0.3, -0.25) is 9.78 Å². The van der Waals surface area contributed by atoms with E-state index in [9.17, 15) is 9.59 Å². The third kappa shape index (κ3) is 7.45. The molecule has 9 nitrogen and oxygen atoms in total. The number of aromatic nitrogens is 5. The van der Waals surface area contributed by atoms with Gasteiger partial charge in [-0.2, -0.15) is 0 Å². The van der Waals surface area contributed by atoms with E-state index in [4.69, 9.17) is 20.1 Å². The highest BCUT2D eigenvalue weighted by Gasteiger charge is 2.41. The number of hydrogen-bond donors (Lipinski definition) is 0. The summed E-state index contributed by atoms with van der Waals surface area (Å²) in [6.45, 7) is 2.15. The van der Waals surface area contributed by atoms with Crippen molar-refractivity contribution in [3.8, 4) is 22.5 Å². The summed E-state index contributed by atoms with van der Waals surface area (Å²) in [6.07, 6.45) is 1.58. The van der Waals surface area contributed by atoms with E-state index in [0.29, 0.717) is 22.6 Å².